The maximum absolute atomic E-state index is 5.84. The number of hydrogen-bond acceptors (Lipinski definition) is 2. The fourth-order valence-electron chi connectivity index (χ4n) is 2.85. The first-order chi connectivity index (χ1) is 9.61. The highest BCUT2D eigenvalue weighted by Gasteiger charge is 2.33. The molecule has 0 spiro atoms. The molecule has 2 unspecified atom stereocenters. The number of hydrogen-bond donors (Lipinski definition) is 1. The van der Waals surface area contributed by atoms with E-state index in [4.69, 9.17) is 4.74 Å². The van der Waals surface area contributed by atoms with Gasteiger partial charge in [-0.3, -0.25) is 0 Å². The topological polar surface area (TPSA) is 21.3 Å². The number of ether oxygens (including phenoxy) is 1. The molecule has 0 amide bonds. The van der Waals surface area contributed by atoms with Gasteiger partial charge in [0, 0.05) is 6.04 Å². The Balaban J connectivity index is 2.13. The van der Waals surface area contributed by atoms with E-state index in [0.29, 0.717) is 12.0 Å². The second-order valence-electron chi connectivity index (χ2n) is 6.37. The Hall–Kier alpha value is -1.02. The zero-order chi connectivity index (χ0) is 14.5. The van der Waals surface area contributed by atoms with Crippen molar-refractivity contribution in [1.29, 1.82) is 0 Å². The molecule has 0 aromatic heterocycles. The van der Waals surface area contributed by atoms with Crippen LogP contribution in [0.15, 0.2) is 24.3 Å². The predicted molar refractivity (Wildman–Crippen MR) is 85.1 cm³/mol. The van der Waals surface area contributed by atoms with Crippen molar-refractivity contribution in [2.75, 3.05) is 6.54 Å². The maximum Gasteiger partial charge on any atom is 0.120 e. The Bertz CT molecular complexity index is 412. The molecule has 112 valence electrons. The highest BCUT2D eigenvalue weighted by atomic mass is 16.5. The Morgan fingerprint density at radius 2 is 2.00 bits per heavy atom. The first kappa shape index (κ1) is 15.4. The van der Waals surface area contributed by atoms with Gasteiger partial charge in [-0.05, 0) is 69.2 Å². The quantitative estimate of drug-likeness (QED) is 0.751. The summed E-state index contributed by atoms with van der Waals surface area (Å²) in [5.41, 5.74) is 1.37. The van der Waals surface area contributed by atoms with Crippen LogP contribution in [-0.2, 0) is 0 Å². The summed E-state index contributed by atoms with van der Waals surface area (Å²) in [5.74, 6) is 2.60. The smallest absolute Gasteiger partial charge is 0.120 e. The molecule has 0 radical (unpaired) electrons. The van der Waals surface area contributed by atoms with Crippen molar-refractivity contribution in [3.05, 3.63) is 29.8 Å². The van der Waals surface area contributed by atoms with Gasteiger partial charge < -0.3 is 10.1 Å². The zero-order valence-electron chi connectivity index (χ0n) is 13.4. The minimum absolute atomic E-state index is 0.230. The van der Waals surface area contributed by atoms with E-state index in [1.807, 2.05) is 0 Å². The SMILES string of the molecule is CCCNC(c1cccc(OC(C)C)c1)C(C)C1CC1. The van der Waals surface area contributed by atoms with Gasteiger partial charge in [0.25, 0.3) is 0 Å². The third kappa shape index (κ3) is 4.24. The van der Waals surface area contributed by atoms with Crippen LogP contribution in [0.5, 0.6) is 5.75 Å². The van der Waals surface area contributed by atoms with E-state index in [0.717, 1.165) is 18.2 Å². The van der Waals surface area contributed by atoms with Crippen LogP contribution < -0.4 is 10.1 Å². The summed E-state index contributed by atoms with van der Waals surface area (Å²) in [6.45, 7) is 9.85. The van der Waals surface area contributed by atoms with Crippen molar-refractivity contribution in [3.63, 3.8) is 0 Å². The number of benzene rings is 1. The van der Waals surface area contributed by atoms with Crippen molar-refractivity contribution >= 4 is 0 Å². The van der Waals surface area contributed by atoms with Gasteiger partial charge >= 0.3 is 0 Å². The maximum atomic E-state index is 5.84. The fourth-order valence-corrected chi connectivity index (χ4v) is 2.85. The molecule has 2 nitrogen and oxygen atoms in total. The largest absolute Gasteiger partial charge is 0.491 e. The van der Waals surface area contributed by atoms with Crippen molar-refractivity contribution < 1.29 is 4.74 Å². The molecule has 0 bridgehead atoms. The predicted octanol–water partition coefficient (Wildman–Crippen LogP) is 4.56. The summed E-state index contributed by atoms with van der Waals surface area (Å²) >= 11 is 0. The van der Waals surface area contributed by atoms with Gasteiger partial charge in [-0.25, -0.2) is 0 Å². The highest BCUT2D eigenvalue weighted by Crippen LogP contribution is 2.43. The molecule has 0 aliphatic heterocycles. The molecule has 1 saturated carbocycles. The molecule has 2 heteroatoms. The van der Waals surface area contributed by atoms with Gasteiger partial charge in [-0.15, -0.1) is 0 Å². The highest BCUT2D eigenvalue weighted by molar-refractivity contribution is 5.31. The van der Waals surface area contributed by atoms with Gasteiger partial charge in [-0.1, -0.05) is 26.0 Å². The van der Waals surface area contributed by atoms with Crippen molar-refractivity contribution in [2.45, 2.75) is 59.1 Å². The lowest BCUT2D eigenvalue weighted by Crippen LogP contribution is -2.28. The molecule has 1 aromatic carbocycles. The summed E-state index contributed by atoms with van der Waals surface area (Å²) < 4.78 is 5.84. The van der Waals surface area contributed by atoms with Crippen LogP contribution in [0.1, 0.15) is 58.6 Å². The fraction of sp³-hybridized carbons (Fsp3) is 0.667. The van der Waals surface area contributed by atoms with E-state index in [1.165, 1.54) is 24.8 Å². The minimum Gasteiger partial charge on any atom is -0.491 e. The van der Waals surface area contributed by atoms with Crippen molar-refractivity contribution in [2.24, 2.45) is 11.8 Å². The van der Waals surface area contributed by atoms with Crippen LogP contribution in [0.25, 0.3) is 0 Å². The molecule has 0 heterocycles. The van der Waals surface area contributed by atoms with Gasteiger partial charge in [0.15, 0.2) is 0 Å². The molecular weight excluding hydrogens is 246 g/mol. The molecule has 0 saturated heterocycles. The van der Waals surface area contributed by atoms with Crippen LogP contribution >= 0.6 is 0 Å². The Morgan fingerprint density at radius 1 is 1.25 bits per heavy atom. The Morgan fingerprint density at radius 3 is 2.60 bits per heavy atom. The lowest BCUT2D eigenvalue weighted by molar-refractivity contribution is 0.241. The molecular formula is C18H29NO. The average Bonchev–Trinajstić information content (AvgIpc) is 3.23. The molecule has 1 aromatic rings. The number of rotatable bonds is 8. The molecule has 2 atom stereocenters. The summed E-state index contributed by atoms with van der Waals surface area (Å²) in [7, 11) is 0. The summed E-state index contributed by atoms with van der Waals surface area (Å²) in [4.78, 5) is 0. The van der Waals surface area contributed by atoms with Crippen LogP contribution in [0.4, 0.5) is 0 Å². The summed E-state index contributed by atoms with van der Waals surface area (Å²) in [6.07, 6.45) is 4.20. The van der Waals surface area contributed by atoms with E-state index in [2.05, 4.69) is 57.3 Å². The van der Waals surface area contributed by atoms with Crippen LogP contribution in [0.2, 0.25) is 0 Å². The third-order valence-corrected chi connectivity index (χ3v) is 4.09. The van der Waals surface area contributed by atoms with Gasteiger partial charge in [0.05, 0.1) is 6.10 Å². The number of nitrogens with one attached hydrogen (secondary N) is 1. The monoisotopic (exact) mass is 275 g/mol. The average molecular weight is 275 g/mol. The van der Waals surface area contributed by atoms with E-state index < -0.39 is 0 Å². The summed E-state index contributed by atoms with van der Waals surface area (Å²) in [6, 6.07) is 9.08. The lowest BCUT2D eigenvalue weighted by Gasteiger charge is -2.26. The Labute approximate surface area is 123 Å². The van der Waals surface area contributed by atoms with Crippen molar-refractivity contribution in [3.8, 4) is 5.75 Å². The first-order valence-electron chi connectivity index (χ1n) is 8.11. The zero-order valence-corrected chi connectivity index (χ0v) is 13.4. The van der Waals surface area contributed by atoms with E-state index in [9.17, 15) is 0 Å². The second-order valence-corrected chi connectivity index (χ2v) is 6.37. The van der Waals surface area contributed by atoms with Gasteiger partial charge in [-0.2, -0.15) is 0 Å². The molecule has 1 fully saturated rings. The Kier molecular flexibility index (Phi) is 5.47. The first-order valence-corrected chi connectivity index (χ1v) is 8.11. The molecule has 1 aliphatic rings. The molecule has 2 rings (SSSR count). The molecule has 1 N–H and O–H groups in total. The molecule has 20 heavy (non-hydrogen) atoms. The molecule has 1 aliphatic carbocycles. The van der Waals surface area contributed by atoms with Gasteiger partial charge in [0.1, 0.15) is 5.75 Å². The lowest BCUT2D eigenvalue weighted by atomic mass is 9.90. The third-order valence-electron chi connectivity index (χ3n) is 4.09. The van der Waals surface area contributed by atoms with Gasteiger partial charge in [0.2, 0.25) is 0 Å². The van der Waals surface area contributed by atoms with Crippen LogP contribution in [0, 0.1) is 11.8 Å². The summed E-state index contributed by atoms with van der Waals surface area (Å²) in [5, 5.41) is 3.73. The second kappa shape index (κ2) is 7.12. The normalized spacial score (nSPS) is 18.1. The van der Waals surface area contributed by atoms with Crippen molar-refractivity contribution in [1.82, 2.24) is 5.32 Å². The van der Waals surface area contributed by atoms with E-state index in [1.54, 1.807) is 0 Å². The minimum atomic E-state index is 0.230. The standard InChI is InChI=1S/C18H29NO/c1-5-11-19-18(14(4)15-9-10-15)16-7-6-8-17(12-16)20-13(2)3/h6-8,12-15,18-19H,5,9-11H2,1-4H3. The van der Waals surface area contributed by atoms with E-state index in [-0.39, 0.29) is 6.10 Å². The van der Waals surface area contributed by atoms with E-state index >= 15 is 0 Å². The van der Waals surface area contributed by atoms with Crippen LogP contribution in [-0.4, -0.2) is 12.6 Å². The van der Waals surface area contributed by atoms with Crippen LogP contribution in [0.3, 0.4) is 0 Å².